The molecule has 0 fully saturated rings. The Bertz CT molecular complexity index is 3100. The fourth-order valence-corrected chi connectivity index (χ4v) is 8.02. The minimum atomic E-state index is 0.890. The SMILES string of the molecule is c1ccc(-c2nc3ccccc3c3nc4ccc(-c5c6ccccc6c(-c6cccc7c6oc6ccccc67)c6ccccc56)cn4c23)cc1. The first kappa shape index (κ1) is 27.2. The largest absolute Gasteiger partial charge is 0.455 e. The second-order valence-corrected chi connectivity index (χ2v) is 12.9. The van der Waals surface area contributed by atoms with Gasteiger partial charge in [0.2, 0.25) is 0 Å². The van der Waals surface area contributed by atoms with Gasteiger partial charge in [-0.15, -0.1) is 0 Å². The first-order chi connectivity index (χ1) is 24.8. The molecular weight excluding hydrogens is 611 g/mol. The third kappa shape index (κ3) is 3.81. The monoisotopic (exact) mass is 637 g/mol. The lowest BCUT2D eigenvalue weighted by Gasteiger charge is -2.18. The van der Waals surface area contributed by atoms with Crippen LogP contribution in [0.5, 0.6) is 0 Å². The highest BCUT2D eigenvalue weighted by Crippen LogP contribution is 2.46. The summed E-state index contributed by atoms with van der Waals surface area (Å²) in [5.74, 6) is 0. The van der Waals surface area contributed by atoms with Gasteiger partial charge < -0.3 is 4.42 Å². The number of benzene rings is 7. The number of pyridine rings is 2. The fraction of sp³-hybridized carbons (Fsp3) is 0. The molecule has 11 aromatic rings. The van der Waals surface area contributed by atoms with Crippen LogP contribution in [0.4, 0.5) is 0 Å². The maximum absolute atomic E-state index is 6.59. The van der Waals surface area contributed by atoms with Gasteiger partial charge in [-0.05, 0) is 56.9 Å². The molecule has 0 spiro atoms. The molecule has 0 atom stereocenters. The minimum Gasteiger partial charge on any atom is -0.455 e. The molecular formula is C46H27N3O. The van der Waals surface area contributed by atoms with Gasteiger partial charge in [-0.25, -0.2) is 9.97 Å². The van der Waals surface area contributed by atoms with Crippen molar-refractivity contribution in [3.05, 3.63) is 164 Å². The predicted molar refractivity (Wildman–Crippen MR) is 207 cm³/mol. The summed E-state index contributed by atoms with van der Waals surface area (Å²) in [5, 5.41) is 8.04. The van der Waals surface area contributed by atoms with E-state index in [9.17, 15) is 0 Å². The quantitative estimate of drug-likeness (QED) is 0.181. The van der Waals surface area contributed by atoms with Crippen LogP contribution in [0.15, 0.2) is 168 Å². The summed E-state index contributed by atoms with van der Waals surface area (Å²) in [6.45, 7) is 0. The summed E-state index contributed by atoms with van der Waals surface area (Å²) < 4.78 is 8.83. The summed E-state index contributed by atoms with van der Waals surface area (Å²) in [7, 11) is 0. The van der Waals surface area contributed by atoms with Gasteiger partial charge in [-0.2, -0.15) is 0 Å². The Balaban J connectivity index is 1.24. The van der Waals surface area contributed by atoms with Crippen LogP contribution >= 0.6 is 0 Å². The standard InChI is InChI=1S/C46H27N3O/c1-2-13-28(14-3-1)43-45-44(36-20-8-10-23-38(36)47-43)48-40-26-25-29(27-49(40)45)41-31-16-4-6-18-33(31)42(34-19-7-5-17-32(34)41)37-22-12-21-35-30-15-9-11-24-39(30)50-46(35)37/h1-27H. The summed E-state index contributed by atoms with van der Waals surface area (Å²) in [6, 6.07) is 55.4. The number of hydrogen-bond donors (Lipinski definition) is 0. The number of rotatable bonds is 3. The van der Waals surface area contributed by atoms with Crippen molar-refractivity contribution >= 4 is 71.1 Å². The molecule has 0 radical (unpaired) electrons. The highest BCUT2D eigenvalue weighted by atomic mass is 16.3. The molecule has 0 saturated heterocycles. The normalized spacial score (nSPS) is 12.0. The number of hydrogen-bond acceptors (Lipinski definition) is 3. The molecule has 0 unspecified atom stereocenters. The fourth-order valence-electron chi connectivity index (χ4n) is 8.02. The van der Waals surface area contributed by atoms with Gasteiger partial charge >= 0.3 is 0 Å². The molecule has 11 rings (SSSR count). The van der Waals surface area contributed by atoms with Crippen molar-refractivity contribution in [1.82, 2.24) is 14.4 Å². The topological polar surface area (TPSA) is 43.3 Å². The van der Waals surface area contributed by atoms with Gasteiger partial charge in [0, 0.05) is 39.0 Å². The van der Waals surface area contributed by atoms with Gasteiger partial charge in [0.15, 0.2) is 0 Å². The van der Waals surface area contributed by atoms with Crippen molar-refractivity contribution in [3.8, 4) is 33.5 Å². The van der Waals surface area contributed by atoms with Crippen molar-refractivity contribution in [3.63, 3.8) is 0 Å². The maximum atomic E-state index is 6.59. The van der Waals surface area contributed by atoms with E-state index in [0.717, 1.165) is 71.9 Å². The van der Waals surface area contributed by atoms with Gasteiger partial charge in [0.25, 0.3) is 0 Å². The Hall–Kier alpha value is -6.78. The van der Waals surface area contributed by atoms with Crippen LogP contribution in [-0.4, -0.2) is 14.4 Å². The molecule has 0 bridgehead atoms. The molecule has 232 valence electrons. The molecule has 4 aromatic heterocycles. The molecule has 0 aliphatic heterocycles. The highest BCUT2D eigenvalue weighted by molar-refractivity contribution is 6.24. The Morgan fingerprint density at radius 1 is 0.440 bits per heavy atom. The number of para-hydroxylation sites is 3. The molecule has 4 nitrogen and oxygen atoms in total. The van der Waals surface area contributed by atoms with Gasteiger partial charge in [-0.3, -0.25) is 4.40 Å². The van der Waals surface area contributed by atoms with E-state index in [1.54, 1.807) is 0 Å². The minimum absolute atomic E-state index is 0.890. The van der Waals surface area contributed by atoms with Crippen molar-refractivity contribution in [2.75, 3.05) is 0 Å². The zero-order valence-electron chi connectivity index (χ0n) is 26.8. The van der Waals surface area contributed by atoms with E-state index in [0.29, 0.717) is 0 Å². The van der Waals surface area contributed by atoms with Crippen LogP contribution in [0, 0.1) is 0 Å². The zero-order chi connectivity index (χ0) is 32.8. The van der Waals surface area contributed by atoms with Crippen molar-refractivity contribution < 1.29 is 4.42 Å². The van der Waals surface area contributed by atoms with Crippen LogP contribution in [0.3, 0.4) is 0 Å². The maximum Gasteiger partial charge on any atom is 0.143 e. The smallest absolute Gasteiger partial charge is 0.143 e. The Kier molecular flexibility index (Phi) is 5.63. The van der Waals surface area contributed by atoms with Crippen LogP contribution < -0.4 is 0 Å². The average molecular weight is 638 g/mol. The van der Waals surface area contributed by atoms with Crippen LogP contribution in [0.25, 0.3) is 105 Å². The Morgan fingerprint density at radius 3 is 1.82 bits per heavy atom. The number of nitrogens with zero attached hydrogens (tertiary/aromatic N) is 3. The lowest BCUT2D eigenvalue weighted by Crippen LogP contribution is -1.94. The highest BCUT2D eigenvalue weighted by Gasteiger charge is 2.22. The number of furan rings is 1. The van der Waals surface area contributed by atoms with Gasteiger partial charge in [0.1, 0.15) is 22.3 Å². The molecule has 0 saturated carbocycles. The molecule has 4 heteroatoms. The zero-order valence-corrected chi connectivity index (χ0v) is 26.8. The van der Waals surface area contributed by atoms with Crippen LogP contribution in [0.2, 0.25) is 0 Å². The van der Waals surface area contributed by atoms with E-state index in [1.165, 1.54) is 32.7 Å². The van der Waals surface area contributed by atoms with Gasteiger partial charge in [-0.1, -0.05) is 133 Å². The Morgan fingerprint density at radius 2 is 1.06 bits per heavy atom. The van der Waals surface area contributed by atoms with Crippen molar-refractivity contribution in [1.29, 1.82) is 0 Å². The van der Waals surface area contributed by atoms with E-state index in [4.69, 9.17) is 14.4 Å². The van der Waals surface area contributed by atoms with Crippen LogP contribution in [-0.2, 0) is 0 Å². The molecule has 0 aliphatic rings. The molecule has 0 aliphatic carbocycles. The third-order valence-electron chi connectivity index (χ3n) is 10.2. The van der Waals surface area contributed by atoms with Crippen molar-refractivity contribution in [2.45, 2.75) is 0 Å². The average Bonchev–Trinajstić information content (AvgIpc) is 3.76. The summed E-state index contributed by atoms with van der Waals surface area (Å²) in [5.41, 5.74) is 12.2. The van der Waals surface area contributed by atoms with E-state index in [1.807, 2.05) is 18.2 Å². The first-order valence-electron chi connectivity index (χ1n) is 16.9. The van der Waals surface area contributed by atoms with E-state index in [-0.39, 0.29) is 0 Å². The molecule has 4 heterocycles. The molecule has 0 amide bonds. The van der Waals surface area contributed by atoms with E-state index < -0.39 is 0 Å². The molecule has 50 heavy (non-hydrogen) atoms. The predicted octanol–water partition coefficient (Wildman–Crippen LogP) is 12.2. The molecule has 7 aromatic carbocycles. The lowest BCUT2D eigenvalue weighted by atomic mass is 9.86. The number of imidazole rings is 1. The summed E-state index contributed by atoms with van der Waals surface area (Å²) in [4.78, 5) is 10.4. The van der Waals surface area contributed by atoms with Crippen molar-refractivity contribution in [2.24, 2.45) is 0 Å². The number of fused-ring (bicyclic) bond motifs is 10. The third-order valence-corrected chi connectivity index (χ3v) is 10.2. The second-order valence-electron chi connectivity index (χ2n) is 12.9. The van der Waals surface area contributed by atoms with Crippen LogP contribution in [0.1, 0.15) is 0 Å². The molecule has 0 N–H and O–H groups in total. The van der Waals surface area contributed by atoms with Gasteiger partial charge in [0.05, 0.1) is 16.7 Å². The first-order valence-corrected chi connectivity index (χ1v) is 16.9. The van der Waals surface area contributed by atoms with E-state index in [2.05, 4.69) is 150 Å². The summed E-state index contributed by atoms with van der Waals surface area (Å²) in [6.07, 6.45) is 2.25. The Labute approximate surface area is 286 Å². The lowest BCUT2D eigenvalue weighted by molar-refractivity contribution is 0.670. The number of aromatic nitrogens is 3. The second kappa shape index (κ2) is 10.4. The summed E-state index contributed by atoms with van der Waals surface area (Å²) >= 11 is 0. The van der Waals surface area contributed by atoms with E-state index >= 15 is 0 Å².